The van der Waals surface area contributed by atoms with Crippen LogP contribution in [-0.2, 0) is 13.1 Å². The molecule has 0 amide bonds. The lowest BCUT2D eigenvalue weighted by Gasteiger charge is -2.15. The van der Waals surface area contributed by atoms with E-state index < -0.39 is 0 Å². The Morgan fingerprint density at radius 2 is 1.94 bits per heavy atom. The fourth-order valence-electron chi connectivity index (χ4n) is 1.80. The number of halogens is 1. The molecule has 0 spiro atoms. The lowest BCUT2D eigenvalue weighted by molar-refractivity contribution is 0.321. The number of hydrogen-bond donors (Lipinski definition) is 0. The normalized spacial score (nSPS) is 10.9. The molecule has 0 saturated carbocycles. The Balaban J connectivity index is 1.91. The van der Waals surface area contributed by atoms with E-state index in [1.54, 1.807) is 18.4 Å². The Labute approximate surface area is 120 Å². The molecule has 0 aliphatic carbocycles. The first-order valence-electron chi connectivity index (χ1n) is 5.72. The molecule has 0 aliphatic heterocycles. The molecule has 0 saturated heterocycles. The highest BCUT2D eigenvalue weighted by Crippen LogP contribution is 2.21. The number of methoxy groups -OCH3 is 1. The second-order valence-electron chi connectivity index (χ2n) is 4.25. The molecule has 18 heavy (non-hydrogen) atoms. The van der Waals surface area contributed by atoms with E-state index in [1.807, 2.05) is 12.1 Å². The van der Waals surface area contributed by atoms with E-state index in [0.29, 0.717) is 0 Å². The number of nitrogens with zero attached hydrogens (tertiary/aromatic N) is 1. The Morgan fingerprint density at radius 3 is 2.50 bits per heavy atom. The van der Waals surface area contributed by atoms with Gasteiger partial charge in [0.15, 0.2) is 0 Å². The second kappa shape index (κ2) is 6.36. The van der Waals surface area contributed by atoms with Crippen molar-refractivity contribution in [2.75, 3.05) is 14.2 Å². The topological polar surface area (TPSA) is 12.5 Å². The lowest BCUT2D eigenvalue weighted by Crippen LogP contribution is -2.16. The van der Waals surface area contributed by atoms with Crippen LogP contribution < -0.4 is 4.74 Å². The van der Waals surface area contributed by atoms with Crippen LogP contribution in [0.5, 0.6) is 5.75 Å². The summed E-state index contributed by atoms with van der Waals surface area (Å²) >= 11 is 5.27. The van der Waals surface area contributed by atoms with Crippen molar-refractivity contribution >= 4 is 27.3 Å². The first-order valence-corrected chi connectivity index (χ1v) is 7.39. The maximum Gasteiger partial charge on any atom is 0.118 e. The number of thiophene rings is 1. The molecule has 0 fully saturated rings. The second-order valence-corrected chi connectivity index (χ2v) is 6.16. The molecule has 96 valence electrons. The standard InChI is InChI=1S/C14H16BrNOS/c1-16(9-14-7-12(15)10-18-14)8-11-3-5-13(17-2)6-4-11/h3-7,10H,8-9H2,1-2H3. The average Bonchev–Trinajstić information content (AvgIpc) is 2.75. The van der Waals surface area contributed by atoms with E-state index in [9.17, 15) is 0 Å². The Morgan fingerprint density at radius 1 is 1.22 bits per heavy atom. The Kier molecular flexibility index (Phi) is 4.80. The van der Waals surface area contributed by atoms with E-state index in [2.05, 4.69) is 51.5 Å². The molecule has 0 atom stereocenters. The molecule has 4 heteroatoms. The van der Waals surface area contributed by atoms with Crippen LogP contribution in [0.1, 0.15) is 10.4 Å². The molecular weight excluding hydrogens is 310 g/mol. The maximum atomic E-state index is 5.16. The third-order valence-electron chi connectivity index (χ3n) is 2.66. The van der Waals surface area contributed by atoms with E-state index in [1.165, 1.54) is 14.9 Å². The van der Waals surface area contributed by atoms with Crippen LogP contribution in [0.4, 0.5) is 0 Å². The molecule has 2 nitrogen and oxygen atoms in total. The van der Waals surface area contributed by atoms with Crippen LogP contribution in [0, 0.1) is 0 Å². The van der Waals surface area contributed by atoms with Gasteiger partial charge in [0.25, 0.3) is 0 Å². The van der Waals surface area contributed by atoms with Crippen molar-refractivity contribution in [3.8, 4) is 5.75 Å². The van der Waals surface area contributed by atoms with Gasteiger partial charge >= 0.3 is 0 Å². The third kappa shape index (κ3) is 3.83. The molecule has 1 heterocycles. The fourth-order valence-corrected chi connectivity index (χ4v) is 3.33. The van der Waals surface area contributed by atoms with E-state index in [-0.39, 0.29) is 0 Å². The molecule has 2 rings (SSSR count). The zero-order chi connectivity index (χ0) is 13.0. The molecule has 2 aromatic rings. The van der Waals surface area contributed by atoms with Crippen molar-refractivity contribution in [3.63, 3.8) is 0 Å². The average molecular weight is 326 g/mol. The minimum Gasteiger partial charge on any atom is -0.497 e. The van der Waals surface area contributed by atoms with E-state index in [4.69, 9.17) is 4.74 Å². The van der Waals surface area contributed by atoms with Gasteiger partial charge in [-0.15, -0.1) is 11.3 Å². The molecule has 0 N–H and O–H groups in total. The smallest absolute Gasteiger partial charge is 0.118 e. The van der Waals surface area contributed by atoms with Gasteiger partial charge in [-0.1, -0.05) is 12.1 Å². The molecule has 0 aliphatic rings. The predicted molar refractivity (Wildman–Crippen MR) is 80.2 cm³/mol. The summed E-state index contributed by atoms with van der Waals surface area (Å²) in [5.74, 6) is 0.906. The number of ether oxygens (including phenoxy) is 1. The van der Waals surface area contributed by atoms with Crippen molar-refractivity contribution in [1.29, 1.82) is 0 Å². The first-order chi connectivity index (χ1) is 8.67. The molecule has 1 aromatic carbocycles. The van der Waals surface area contributed by atoms with E-state index in [0.717, 1.165) is 18.8 Å². The zero-order valence-corrected chi connectivity index (χ0v) is 12.9. The summed E-state index contributed by atoms with van der Waals surface area (Å²) in [6.45, 7) is 1.92. The van der Waals surface area contributed by atoms with Crippen molar-refractivity contribution in [3.05, 3.63) is 50.6 Å². The summed E-state index contributed by atoms with van der Waals surface area (Å²) in [5, 5.41) is 2.12. The fraction of sp³-hybridized carbons (Fsp3) is 0.286. The lowest BCUT2D eigenvalue weighted by atomic mass is 10.2. The summed E-state index contributed by atoms with van der Waals surface area (Å²) in [4.78, 5) is 3.68. The van der Waals surface area contributed by atoms with Crippen LogP contribution in [0.25, 0.3) is 0 Å². The van der Waals surface area contributed by atoms with Crippen molar-refractivity contribution in [2.24, 2.45) is 0 Å². The van der Waals surface area contributed by atoms with Gasteiger partial charge < -0.3 is 4.74 Å². The summed E-state index contributed by atoms with van der Waals surface area (Å²) < 4.78 is 6.32. The van der Waals surface area contributed by atoms with Gasteiger partial charge in [0.2, 0.25) is 0 Å². The number of rotatable bonds is 5. The summed E-state index contributed by atoms with van der Waals surface area (Å²) in [6.07, 6.45) is 0. The minimum absolute atomic E-state index is 0.906. The molecular formula is C14H16BrNOS. The third-order valence-corrected chi connectivity index (χ3v) is 4.34. The largest absolute Gasteiger partial charge is 0.497 e. The van der Waals surface area contributed by atoms with Crippen LogP contribution in [-0.4, -0.2) is 19.1 Å². The van der Waals surface area contributed by atoms with Gasteiger partial charge in [-0.05, 0) is 46.7 Å². The quantitative estimate of drug-likeness (QED) is 0.818. The number of hydrogen-bond acceptors (Lipinski definition) is 3. The SMILES string of the molecule is COc1ccc(CN(C)Cc2cc(Br)cs2)cc1. The molecule has 0 bridgehead atoms. The monoisotopic (exact) mass is 325 g/mol. The first kappa shape index (κ1) is 13.6. The molecule has 0 unspecified atom stereocenters. The van der Waals surface area contributed by atoms with E-state index >= 15 is 0 Å². The highest BCUT2D eigenvalue weighted by atomic mass is 79.9. The van der Waals surface area contributed by atoms with Crippen molar-refractivity contribution in [1.82, 2.24) is 4.90 Å². The Hall–Kier alpha value is -0.840. The van der Waals surface area contributed by atoms with Gasteiger partial charge in [-0.25, -0.2) is 0 Å². The van der Waals surface area contributed by atoms with Crippen LogP contribution >= 0.6 is 27.3 Å². The van der Waals surface area contributed by atoms with Gasteiger partial charge in [0, 0.05) is 27.8 Å². The zero-order valence-electron chi connectivity index (χ0n) is 10.5. The predicted octanol–water partition coefficient (Wildman–Crippen LogP) is 4.15. The van der Waals surface area contributed by atoms with Crippen LogP contribution in [0.2, 0.25) is 0 Å². The molecule has 0 radical (unpaired) electrons. The summed E-state index contributed by atoms with van der Waals surface area (Å²) in [6, 6.07) is 10.4. The number of benzene rings is 1. The van der Waals surface area contributed by atoms with Gasteiger partial charge in [0.05, 0.1) is 7.11 Å². The van der Waals surface area contributed by atoms with Gasteiger partial charge in [-0.2, -0.15) is 0 Å². The van der Waals surface area contributed by atoms with Crippen LogP contribution in [0.3, 0.4) is 0 Å². The highest BCUT2D eigenvalue weighted by Gasteiger charge is 2.04. The summed E-state index contributed by atoms with van der Waals surface area (Å²) in [5.41, 5.74) is 1.30. The van der Waals surface area contributed by atoms with Gasteiger partial charge in [-0.3, -0.25) is 4.90 Å². The Bertz CT molecular complexity index is 495. The maximum absolute atomic E-state index is 5.16. The minimum atomic E-state index is 0.906. The van der Waals surface area contributed by atoms with Gasteiger partial charge in [0.1, 0.15) is 5.75 Å². The summed E-state index contributed by atoms with van der Waals surface area (Å²) in [7, 11) is 3.83. The molecule has 1 aromatic heterocycles. The van der Waals surface area contributed by atoms with Crippen molar-refractivity contribution in [2.45, 2.75) is 13.1 Å². The van der Waals surface area contributed by atoms with Crippen LogP contribution in [0.15, 0.2) is 40.2 Å². The highest BCUT2D eigenvalue weighted by molar-refractivity contribution is 9.10. The van der Waals surface area contributed by atoms with Crippen molar-refractivity contribution < 1.29 is 4.74 Å².